The summed E-state index contributed by atoms with van der Waals surface area (Å²) in [6.07, 6.45) is 2.58. The molecule has 0 aliphatic carbocycles. The third-order valence-electron chi connectivity index (χ3n) is 3.62. The maximum Gasteiger partial charge on any atom is 0.163 e. The van der Waals surface area contributed by atoms with Gasteiger partial charge in [-0.1, -0.05) is 12.1 Å². The van der Waals surface area contributed by atoms with Gasteiger partial charge in [-0.3, -0.25) is 4.79 Å². The molecule has 1 fully saturated rings. The van der Waals surface area contributed by atoms with Gasteiger partial charge in [-0.2, -0.15) is 0 Å². The largest absolute Gasteiger partial charge is 0.490 e. The van der Waals surface area contributed by atoms with Crippen LogP contribution in [-0.4, -0.2) is 37.3 Å². The van der Waals surface area contributed by atoms with Crippen LogP contribution in [0, 0.1) is 0 Å². The van der Waals surface area contributed by atoms with Gasteiger partial charge in [0.25, 0.3) is 0 Å². The Hall–Kier alpha value is -1.39. The molecule has 4 heteroatoms. The standard InChI is InChI=1S/C17H24O4/c1-12-10-15(11-13(2)21-12)19-8-9-20-17-7-5-4-6-16(17)14(3)18/h4-7,12-13,15H,8-11H2,1-3H3. The zero-order valence-corrected chi connectivity index (χ0v) is 13.0. The number of rotatable bonds is 6. The molecule has 1 aliphatic rings. The molecule has 0 aromatic heterocycles. The Balaban J connectivity index is 1.76. The van der Waals surface area contributed by atoms with Crippen LogP contribution >= 0.6 is 0 Å². The molecule has 21 heavy (non-hydrogen) atoms. The van der Waals surface area contributed by atoms with Crippen molar-refractivity contribution in [3.05, 3.63) is 29.8 Å². The summed E-state index contributed by atoms with van der Waals surface area (Å²) in [6.45, 7) is 6.67. The number of hydrogen-bond donors (Lipinski definition) is 0. The van der Waals surface area contributed by atoms with E-state index in [1.165, 1.54) is 0 Å². The van der Waals surface area contributed by atoms with Crippen molar-refractivity contribution in [3.63, 3.8) is 0 Å². The van der Waals surface area contributed by atoms with Gasteiger partial charge in [0.2, 0.25) is 0 Å². The summed E-state index contributed by atoms with van der Waals surface area (Å²) < 4.78 is 17.2. The van der Waals surface area contributed by atoms with Crippen LogP contribution in [0.4, 0.5) is 0 Å². The molecule has 1 saturated heterocycles. The zero-order valence-electron chi connectivity index (χ0n) is 13.0. The number of para-hydroxylation sites is 1. The van der Waals surface area contributed by atoms with Gasteiger partial charge in [0, 0.05) is 0 Å². The maximum absolute atomic E-state index is 11.5. The molecule has 1 heterocycles. The van der Waals surface area contributed by atoms with Crippen molar-refractivity contribution < 1.29 is 19.0 Å². The lowest BCUT2D eigenvalue weighted by Crippen LogP contribution is -2.34. The second kappa shape index (κ2) is 7.57. The maximum atomic E-state index is 11.5. The number of ether oxygens (including phenoxy) is 3. The first kappa shape index (κ1) is 16.0. The van der Waals surface area contributed by atoms with E-state index in [2.05, 4.69) is 13.8 Å². The van der Waals surface area contributed by atoms with E-state index in [0.29, 0.717) is 24.5 Å². The van der Waals surface area contributed by atoms with Crippen LogP contribution in [-0.2, 0) is 9.47 Å². The van der Waals surface area contributed by atoms with Crippen molar-refractivity contribution >= 4 is 5.78 Å². The van der Waals surface area contributed by atoms with Gasteiger partial charge in [-0.15, -0.1) is 0 Å². The molecular weight excluding hydrogens is 268 g/mol. The fraction of sp³-hybridized carbons (Fsp3) is 0.588. The molecule has 1 aromatic carbocycles. The van der Waals surface area contributed by atoms with Crippen molar-refractivity contribution in [2.45, 2.75) is 51.9 Å². The number of hydrogen-bond acceptors (Lipinski definition) is 4. The molecule has 2 unspecified atom stereocenters. The third kappa shape index (κ3) is 4.83. The number of ketones is 1. The molecule has 0 bridgehead atoms. The molecule has 0 N–H and O–H groups in total. The van der Waals surface area contributed by atoms with Gasteiger partial charge >= 0.3 is 0 Å². The molecule has 116 valence electrons. The van der Waals surface area contributed by atoms with E-state index in [9.17, 15) is 4.79 Å². The topological polar surface area (TPSA) is 44.8 Å². The summed E-state index contributed by atoms with van der Waals surface area (Å²) in [4.78, 5) is 11.5. The predicted octanol–water partition coefficient (Wildman–Crippen LogP) is 3.24. The molecule has 0 amide bonds. The van der Waals surface area contributed by atoms with E-state index in [1.807, 2.05) is 18.2 Å². The molecule has 0 saturated carbocycles. The average Bonchev–Trinajstić information content (AvgIpc) is 2.43. The average molecular weight is 292 g/mol. The first-order chi connectivity index (χ1) is 10.1. The first-order valence-electron chi connectivity index (χ1n) is 7.56. The molecular formula is C17H24O4. The minimum Gasteiger partial charge on any atom is -0.490 e. The third-order valence-corrected chi connectivity index (χ3v) is 3.62. The van der Waals surface area contributed by atoms with E-state index >= 15 is 0 Å². The van der Waals surface area contributed by atoms with E-state index < -0.39 is 0 Å². The van der Waals surface area contributed by atoms with Crippen LogP contribution in [0.2, 0.25) is 0 Å². The van der Waals surface area contributed by atoms with Crippen LogP contribution < -0.4 is 4.74 Å². The fourth-order valence-corrected chi connectivity index (χ4v) is 2.73. The Bertz CT molecular complexity index is 462. The van der Waals surface area contributed by atoms with E-state index in [4.69, 9.17) is 14.2 Å². The molecule has 4 nitrogen and oxygen atoms in total. The normalized spacial score (nSPS) is 25.6. The lowest BCUT2D eigenvalue weighted by molar-refractivity contribution is -0.104. The minimum absolute atomic E-state index is 0.0126. The van der Waals surface area contributed by atoms with Crippen LogP contribution in [0.3, 0.4) is 0 Å². The monoisotopic (exact) mass is 292 g/mol. The van der Waals surface area contributed by atoms with Gasteiger partial charge in [0.15, 0.2) is 5.78 Å². The SMILES string of the molecule is CC(=O)c1ccccc1OCCOC1CC(C)OC(C)C1. The predicted molar refractivity (Wildman–Crippen MR) is 80.9 cm³/mol. The highest BCUT2D eigenvalue weighted by Crippen LogP contribution is 2.22. The Labute approximate surface area is 126 Å². The lowest BCUT2D eigenvalue weighted by Gasteiger charge is -2.31. The molecule has 0 radical (unpaired) electrons. The summed E-state index contributed by atoms with van der Waals surface area (Å²) >= 11 is 0. The Morgan fingerprint density at radius 1 is 1.19 bits per heavy atom. The van der Waals surface area contributed by atoms with Crippen LogP contribution in [0.1, 0.15) is 44.0 Å². The van der Waals surface area contributed by atoms with Crippen molar-refractivity contribution in [1.82, 2.24) is 0 Å². The zero-order chi connectivity index (χ0) is 15.2. The van der Waals surface area contributed by atoms with Crippen LogP contribution in [0.5, 0.6) is 5.75 Å². The summed E-state index contributed by atoms with van der Waals surface area (Å²) in [5, 5.41) is 0. The van der Waals surface area contributed by atoms with Gasteiger partial charge < -0.3 is 14.2 Å². The van der Waals surface area contributed by atoms with Gasteiger partial charge in [-0.05, 0) is 45.7 Å². The van der Waals surface area contributed by atoms with E-state index in [-0.39, 0.29) is 24.1 Å². The summed E-state index contributed by atoms with van der Waals surface area (Å²) in [5.74, 6) is 0.640. The number of Topliss-reactive ketones (excluding diaryl/α,β-unsaturated/α-hetero) is 1. The summed E-state index contributed by atoms with van der Waals surface area (Å²) in [7, 11) is 0. The fourth-order valence-electron chi connectivity index (χ4n) is 2.73. The second-order valence-corrected chi connectivity index (χ2v) is 5.62. The lowest BCUT2D eigenvalue weighted by atomic mass is 10.0. The highest BCUT2D eigenvalue weighted by Gasteiger charge is 2.24. The molecule has 2 atom stereocenters. The van der Waals surface area contributed by atoms with Crippen molar-refractivity contribution in [3.8, 4) is 5.75 Å². The highest BCUT2D eigenvalue weighted by atomic mass is 16.5. The van der Waals surface area contributed by atoms with Gasteiger partial charge in [0.1, 0.15) is 12.4 Å². The number of carbonyl (C=O) groups excluding carboxylic acids is 1. The molecule has 1 aromatic rings. The van der Waals surface area contributed by atoms with Crippen molar-refractivity contribution in [1.29, 1.82) is 0 Å². The number of benzene rings is 1. The Kier molecular flexibility index (Phi) is 5.76. The van der Waals surface area contributed by atoms with Crippen molar-refractivity contribution in [2.24, 2.45) is 0 Å². The van der Waals surface area contributed by atoms with Gasteiger partial charge in [0.05, 0.1) is 30.5 Å². The quantitative estimate of drug-likeness (QED) is 0.596. The van der Waals surface area contributed by atoms with E-state index in [0.717, 1.165) is 12.8 Å². The Morgan fingerprint density at radius 3 is 2.52 bits per heavy atom. The second-order valence-electron chi connectivity index (χ2n) is 5.62. The molecule has 1 aliphatic heterocycles. The highest BCUT2D eigenvalue weighted by molar-refractivity contribution is 5.96. The summed E-state index contributed by atoms with van der Waals surface area (Å²) in [5.41, 5.74) is 0.616. The van der Waals surface area contributed by atoms with E-state index in [1.54, 1.807) is 13.0 Å². The van der Waals surface area contributed by atoms with Crippen LogP contribution in [0.15, 0.2) is 24.3 Å². The summed E-state index contributed by atoms with van der Waals surface area (Å²) in [6, 6.07) is 7.30. The first-order valence-corrected chi connectivity index (χ1v) is 7.56. The minimum atomic E-state index is 0.0126. The van der Waals surface area contributed by atoms with Crippen molar-refractivity contribution in [2.75, 3.05) is 13.2 Å². The molecule has 2 rings (SSSR count). The Morgan fingerprint density at radius 2 is 1.86 bits per heavy atom. The molecule has 0 spiro atoms. The number of carbonyl (C=O) groups is 1. The van der Waals surface area contributed by atoms with Gasteiger partial charge in [-0.25, -0.2) is 0 Å². The smallest absolute Gasteiger partial charge is 0.163 e. The van der Waals surface area contributed by atoms with Crippen LogP contribution in [0.25, 0.3) is 0 Å².